The van der Waals surface area contributed by atoms with Crippen molar-refractivity contribution in [2.45, 2.75) is 18.4 Å². The van der Waals surface area contributed by atoms with Gasteiger partial charge in [-0.1, -0.05) is 66.2 Å². The smallest absolute Gasteiger partial charge is 0.269 e. The van der Waals surface area contributed by atoms with Crippen molar-refractivity contribution in [3.8, 4) is 0 Å². The van der Waals surface area contributed by atoms with Gasteiger partial charge in [0, 0.05) is 39.9 Å². The first kappa shape index (κ1) is 19.5. The Labute approximate surface area is 184 Å². The molecule has 0 fully saturated rings. The fraction of sp³-hybridized carbons (Fsp3) is 0.160. The predicted octanol–water partition coefficient (Wildman–Crippen LogP) is 6.31. The van der Waals surface area contributed by atoms with E-state index in [9.17, 15) is 14.9 Å². The number of carbonyl (C=O) groups is 1. The van der Waals surface area contributed by atoms with Crippen molar-refractivity contribution in [3.63, 3.8) is 0 Å². The van der Waals surface area contributed by atoms with Crippen molar-refractivity contribution in [3.05, 3.63) is 116 Å². The Morgan fingerprint density at radius 1 is 1.06 bits per heavy atom. The summed E-state index contributed by atoms with van der Waals surface area (Å²) < 4.78 is 0. The standard InChI is InChI=1S/C25H19ClN2O3/c26-17-13-21-19-7-4-8-20(19)23(15-9-11-18(12-10-15)28(30)31)27-24(21)22(14-17)25(29)16-5-2-1-3-6-16/h1-7,9-14,19-20,23,27H,8H2/t19-,20+,23+/m0/s1. The number of anilines is 1. The number of allylic oxidation sites excluding steroid dienone is 2. The van der Waals surface area contributed by atoms with Crippen LogP contribution in [0.2, 0.25) is 5.02 Å². The molecule has 1 heterocycles. The molecule has 6 heteroatoms. The Morgan fingerprint density at radius 3 is 2.52 bits per heavy atom. The Morgan fingerprint density at radius 2 is 1.81 bits per heavy atom. The second-order valence-corrected chi connectivity index (χ2v) is 8.37. The molecule has 0 bridgehead atoms. The maximum absolute atomic E-state index is 13.3. The zero-order valence-electron chi connectivity index (χ0n) is 16.5. The van der Waals surface area contributed by atoms with Gasteiger partial charge >= 0.3 is 0 Å². The minimum absolute atomic E-state index is 0.0628. The van der Waals surface area contributed by atoms with Crippen molar-refractivity contribution in [2.24, 2.45) is 5.92 Å². The number of fused-ring (bicyclic) bond motifs is 3. The summed E-state index contributed by atoms with van der Waals surface area (Å²) in [5, 5.41) is 15.2. The van der Waals surface area contributed by atoms with Gasteiger partial charge in [-0.15, -0.1) is 0 Å². The zero-order valence-corrected chi connectivity index (χ0v) is 17.3. The first-order valence-corrected chi connectivity index (χ1v) is 10.5. The summed E-state index contributed by atoms with van der Waals surface area (Å²) in [6.07, 6.45) is 5.22. The van der Waals surface area contributed by atoms with E-state index in [1.165, 1.54) is 12.1 Å². The number of ketones is 1. The highest BCUT2D eigenvalue weighted by molar-refractivity contribution is 6.31. The number of rotatable bonds is 4. The number of nitrogens with zero attached hydrogens (tertiary/aromatic N) is 1. The summed E-state index contributed by atoms with van der Waals surface area (Å²) in [5.41, 5.74) is 3.97. The van der Waals surface area contributed by atoms with Crippen LogP contribution in [0.15, 0.2) is 78.9 Å². The second-order valence-electron chi connectivity index (χ2n) is 7.94. The number of carbonyl (C=O) groups excluding carboxylic acids is 1. The third-order valence-corrected chi connectivity index (χ3v) is 6.40. The minimum Gasteiger partial charge on any atom is -0.377 e. The van der Waals surface area contributed by atoms with E-state index in [-0.39, 0.29) is 29.3 Å². The molecule has 1 aliphatic carbocycles. The molecule has 1 N–H and O–H groups in total. The fourth-order valence-electron chi connectivity index (χ4n) is 4.72. The van der Waals surface area contributed by atoms with E-state index in [1.54, 1.807) is 30.3 Å². The highest BCUT2D eigenvalue weighted by atomic mass is 35.5. The van der Waals surface area contributed by atoms with Gasteiger partial charge in [0.25, 0.3) is 5.69 Å². The number of non-ortho nitro benzene ring substituents is 1. The molecule has 0 spiro atoms. The third-order valence-electron chi connectivity index (χ3n) is 6.18. The Hall–Kier alpha value is -3.44. The van der Waals surface area contributed by atoms with Crippen LogP contribution in [0.1, 0.15) is 45.4 Å². The molecule has 5 nitrogen and oxygen atoms in total. The monoisotopic (exact) mass is 430 g/mol. The van der Waals surface area contributed by atoms with Gasteiger partial charge in [-0.3, -0.25) is 14.9 Å². The highest BCUT2D eigenvalue weighted by Crippen LogP contribution is 2.51. The predicted molar refractivity (Wildman–Crippen MR) is 121 cm³/mol. The van der Waals surface area contributed by atoms with E-state index in [2.05, 4.69) is 17.5 Å². The number of hydrogen-bond acceptors (Lipinski definition) is 4. The van der Waals surface area contributed by atoms with Crippen LogP contribution in [0, 0.1) is 16.0 Å². The van der Waals surface area contributed by atoms with Crippen LogP contribution in [0.5, 0.6) is 0 Å². The third kappa shape index (κ3) is 3.41. The molecule has 0 unspecified atom stereocenters. The van der Waals surface area contributed by atoms with E-state index in [4.69, 9.17) is 11.6 Å². The minimum atomic E-state index is -0.397. The summed E-state index contributed by atoms with van der Waals surface area (Å²) in [6.45, 7) is 0. The van der Waals surface area contributed by atoms with E-state index in [0.29, 0.717) is 16.1 Å². The molecule has 2 aliphatic rings. The van der Waals surface area contributed by atoms with Crippen LogP contribution in [0.3, 0.4) is 0 Å². The van der Waals surface area contributed by atoms with Crippen LogP contribution in [0.25, 0.3) is 0 Å². The number of halogens is 1. The van der Waals surface area contributed by atoms with E-state index in [1.807, 2.05) is 24.3 Å². The molecular formula is C25H19ClN2O3. The normalized spacial score (nSPS) is 21.1. The second kappa shape index (κ2) is 7.67. The maximum Gasteiger partial charge on any atom is 0.269 e. The van der Waals surface area contributed by atoms with Gasteiger partial charge in [0.15, 0.2) is 5.78 Å². The van der Waals surface area contributed by atoms with E-state index >= 15 is 0 Å². The molecule has 1 aliphatic heterocycles. The molecule has 3 aromatic rings. The quantitative estimate of drug-likeness (QED) is 0.228. The number of nitro benzene ring substituents is 1. The molecule has 0 saturated heterocycles. The van der Waals surface area contributed by atoms with Crippen molar-refractivity contribution < 1.29 is 9.72 Å². The lowest BCUT2D eigenvalue weighted by molar-refractivity contribution is -0.384. The lowest BCUT2D eigenvalue weighted by Gasteiger charge is -2.38. The van der Waals surface area contributed by atoms with Crippen LogP contribution in [-0.2, 0) is 0 Å². The van der Waals surface area contributed by atoms with Crippen LogP contribution in [0.4, 0.5) is 11.4 Å². The Bertz CT molecular complexity index is 1210. The van der Waals surface area contributed by atoms with Gasteiger partial charge in [0.1, 0.15) is 0 Å². The van der Waals surface area contributed by atoms with Gasteiger partial charge in [0.2, 0.25) is 0 Å². The van der Waals surface area contributed by atoms with Gasteiger partial charge in [0.05, 0.1) is 11.0 Å². The molecule has 154 valence electrons. The van der Waals surface area contributed by atoms with Crippen LogP contribution >= 0.6 is 11.6 Å². The number of benzene rings is 3. The average Bonchev–Trinajstić information content (AvgIpc) is 3.29. The van der Waals surface area contributed by atoms with Crippen molar-refractivity contribution >= 4 is 28.8 Å². The number of nitrogens with one attached hydrogen (secondary N) is 1. The molecule has 5 rings (SSSR count). The zero-order chi connectivity index (χ0) is 21.5. The number of hydrogen-bond donors (Lipinski definition) is 1. The summed E-state index contributed by atoms with van der Waals surface area (Å²) in [7, 11) is 0. The first-order valence-electron chi connectivity index (χ1n) is 10.1. The molecule has 31 heavy (non-hydrogen) atoms. The largest absolute Gasteiger partial charge is 0.377 e. The fourth-order valence-corrected chi connectivity index (χ4v) is 4.95. The van der Waals surface area contributed by atoms with E-state index < -0.39 is 4.92 Å². The summed E-state index contributed by atoms with van der Waals surface area (Å²) >= 11 is 6.44. The summed E-state index contributed by atoms with van der Waals surface area (Å²) in [6, 6.07) is 19.4. The van der Waals surface area contributed by atoms with Gasteiger partial charge in [-0.05, 0) is 35.6 Å². The first-order chi connectivity index (χ1) is 15.0. The van der Waals surface area contributed by atoms with Crippen molar-refractivity contribution in [1.29, 1.82) is 0 Å². The van der Waals surface area contributed by atoms with Crippen molar-refractivity contribution in [2.75, 3.05) is 5.32 Å². The van der Waals surface area contributed by atoms with Crippen molar-refractivity contribution in [1.82, 2.24) is 0 Å². The maximum atomic E-state index is 13.3. The van der Waals surface area contributed by atoms with Crippen LogP contribution in [-0.4, -0.2) is 10.7 Å². The highest BCUT2D eigenvalue weighted by Gasteiger charge is 2.39. The topological polar surface area (TPSA) is 72.2 Å². The molecule has 3 atom stereocenters. The van der Waals surface area contributed by atoms with E-state index in [0.717, 1.165) is 23.2 Å². The van der Waals surface area contributed by atoms with Crippen LogP contribution < -0.4 is 5.32 Å². The summed E-state index contributed by atoms with van der Waals surface area (Å²) in [4.78, 5) is 24.0. The molecule has 0 amide bonds. The van der Waals surface area contributed by atoms with Gasteiger partial charge in [-0.2, -0.15) is 0 Å². The van der Waals surface area contributed by atoms with Gasteiger partial charge < -0.3 is 5.32 Å². The molecule has 3 aromatic carbocycles. The molecule has 0 aromatic heterocycles. The lowest BCUT2D eigenvalue weighted by Crippen LogP contribution is -2.30. The average molecular weight is 431 g/mol. The lowest BCUT2D eigenvalue weighted by atomic mass is 9.76. The Kier molecular flexibility index (Phi) is 4.83. The number of nitro groups is 1. The molecule has 0 radical (unpaired) electrons. The molecule has 0 saturated carbocycles. The molecular weight excluding hydrogens is 412 g/mol. The summed E-state index contributed by atoms with van der Waals surface area (Å²) in [5.74, 6) is 0.277. The Balaban J connectivity index is 1.61. The van der Waals surface area contributed by atoms with Gasteiger partial charge in [-0.25, -0.2) is 0 Å². The SMILES string of the molecule is O=C(c1ccccc1)c1cc(Cl)cc2c1N[C@H](c1ccc([N+](=O)[O-])cc1)[C@@H]1CC=C[C@H]21.